The zero-order valence-electron chi connectivity index (χ0n) is 17.1. The summed E-state index contributed by atoms with van der Waals surface area (Å²) in [4.78, 5) is 0. The molecule has 2 aromatic carbocycles. The van der Waals surface area contributed by atoms with Crippen LogP contribution in [0.25, 0.3) is 0 Å². The van der Waals surface area contributed by atoms with E-state index in [1.807, 2.05) is 12.1 Å². The number of halogens is 3. The fourth-order valence-corrected chi connectivity index (χ4v) is 4.14. The lowest BCUT2D eigenvalue weighted by atomic mass is 9.80. The summed E-state index contributed by atoms with van der Waals surface area (Å²) in [6.07, 6.45) is 3.87. The Labute approximate surface area is 176 Å². The Hall–Kier alpha value is -2.74. The molecule has 0 amide bonds. The number of nitriles is 1. The minimum atomic E-state index is -3.62. The molecule has 0 bridgehead atoms. The SMILES string of the molecule is C=CCC(C)c1ccc(C(F)(F)Oc2ccc(C#N)c(F)c2)c(C2CCCCC2)c1. The van der Waals surface area contributed by atoms with E-state index in [9.17, 15) is 4.39 Å². The molecule has 2 aromatic rings. The molecule has 1 fully saturated rings. The molecule has 0 aromatic heterocycles. The van der Waals surface area contributed by atoms with Gasteiger partial charge >= 0.3 is 6.11 Å². The lowest BCUT2D eigenvalue weighted by Gasteiger charge is -2.28. The second-order valence-electron chi connectivity index (χ2n) is 7.98. The van der Waals surface area contributed by atoms with Crippen molar-refractivity contribution >= 4 is 0 Å². The average Bonchev–Trinajstić information content (AvgIpc) is 2.74. The molecule has 0 heterocycles. The van der Waals surface area contributed by atoms with Gasteiger partial charge in [-0.05, 0) is 60.4 Å². The van der Waals surface area contributed by atoms with Gasteiger partial charge in [0.05, 0.1) is 11.1 Å². The van der Waals surface area contributed by atoms with Gasteiger partial charge in [-0.15, -0.1) is 6.58 Å². The molecule has 1 aliphatic rings. The van der Waals surface area contributed by atoms with Gasteiger partial charge in [-0.1, -0.05) is 44.4 Å². The molecular formula is C25H26F3NO. The minimum absolute atomic E-state index is 0.0526. The molecule has 3 rings (SSSR count). The second kappa shape index (κ2) is 9.38. The topological polar surface area (TPSA) is 33.0 Å². The maximum atomic E-state index is 15.2. The summed E-state index contributed by atoms with van der Waals surface area (Å²) >= 11 is 0. The summed E-state index contributed by atoms with van der Waals surface area (Å²) in [6.45, 7) is 5.82. The van der Waals surface area contributed by atoms with Crippen molar-refractivity contribution in [3.05, 3.63) is 77.1 Å². The van der Waals surface area contributed by atoms with Crippen LogP contribution in [0.15, 0.2) is 49.1 Å². The van der Waals surface area contributed by atoms with Crippen molar-refractivity contribution in [2.45, 2.75) is 63.4 Å². The Morgan fingerprint density at radius 2 is 1.93 bits per heavy atom. The van der Waals surface area contributed by atoms with Gasteiger partial charge in [0.2, 0.25) is 0 Å². The van der Waals surface area contributed by atoms with Crippen molar-refractivity contribution in [1.82, 2.24) is 0 Å². The summed E-state index contributed by atoms with van der Waals surface area (Å²) in [5.41, 5.74) is 1.23. The monoisotopic (exact) mass is 413 g/mol. The molecule has 30 heavy (non-hydrogen) atoms. The number of alkyl halides is 2. The van der Waals surface area contributed by atoms with Gasteiger partial charge in [0, 0.05) is 6.07 Å². The number of allylic oxidation sites excluding steroid dienone is 1. The average molecular weight is 413 g/mol. The van der Waals surface area contributed by atoms with Gasteiger partial charge < -0.3 is 4.74 Å². The number of hydrogen-bond acceptors (Lipinski definition) is 2. The van der Waals surface area contributed by atoms with Gasteiger partial charge in [0.15, 0.2) is 0 Å². The molecule has 0 aliphatic heterocycles. The van der Waals surface area contributed by atoms with E-state index in [2.05, 4.69) is 13.5 Å². The molecule has 0 spiro atoms. The van der Waals surface area contributed by atoms with Crippen molar-refractivity contribution in [2.75, 3.05) is 0 Å². The quantitative estimate of drug-likeness (QED) is 0.439. The Balaban J connectivity index is 1.98. The van der Waals surface area contributed by atoms with Crippen LogP contribution in [0.3, 0.4) is 0 Å². The normalized spacial score (nSPS) is 16.0. The standard InChI is InChI=1S/C25H26F3NO/c1-3-7-17(2)19-11-13-23(22(14-19)18-8-5-4-6-9-18)25(27,28)30-21-12-10-20(16-29)24(26)15-21/h3,10-15,17-18H,1,4-9H2,2H3. The fourth-order valence-electron chi connectivity index (χ4n) is 4.14. The Morgan fingerprint density at radius 1 is 1.20 bits per heavy atom. The predicted octanol–water partition coefficient (Wildman–Crippen LogP) is 7.55. The van der Waals surface area contributed by atoms with Crippen LogP contribution in [0.2, 0.25) is 0 Å². The number of ether oxygens (including phenoxy) is 1. The van der Waals surface area contributed by atoms with Crippen LogP contribution in [0, 0.1) is 17.1 Å². The van der Waals surface area contributed by atoms with Crippen LogP contribution >= 0.6 is 0 Å². The van der Waals surface area contributed by atoms with Crippen LogP contribution in [-0.4, -0.2) is 0 Å². The molecule has 0 saturated heterocycles. The molecule has 1 saturated carbocycles. The van der Waals surface area contributed by atoms with Gasteiger partial charge in [0.25, 0.3) is 0 Å². The van der Waals surface area contributed by atoms with Gasteiger partial charge in [-0.25, -0.2) is 4.39 Å². The largest absolute Gasteiger partial charge is 0.429 e. The van der Waals surface area contributed by atoms with E-state index in [0.717, 1.165) is 56.2 Å². The lowest BCUT2D eigenvalue weighted by Crippen LogP contribution is -2.25. The van der Waals surface area contributed by atoms with Gasteiger partial charge in [0.1, 0.15) is 17.6 Å². The lowest BCUT2D eigenvalue weighted by molar-refractivity contribution is -0.186. The number of nitrogens with zero attached hydrogens (tertiary/aromatic N) is 1. The first-order valence-electron chi connectivity index (χ1n) is 10.4. The number of rotatable bonds is 7. The van der Waals surface area contributed by atoms with Crippen LogP contribution < -0.4 is 4.74 Å². The highest BCUT2D eigenvalue weighted by Gasteiger charge is 2.39. The molecule has 1 unspecified atom stereocenters. The van der Waals surface area contributed by atoms with Crippen molar-refractivity contribution in [1.29, 1.82) is 5.26 Å². The van der Waals surface area contributed by atoms with Crippen LogP contribution in [-0.2, 0) is 6.11 Å². The van der Waals surface area contributed by atoms with Gasteiger partial charge in [-0.3, -0.25) is 0 Å². The van der Waals surface area contributed by atoms with Crippen molar-refractivity contribution in [2.24, 2.45) is 0 Å². The van der Waals surface area contributed by atoms with Gasteiger partial charge in [-0.2, -0.15) is 14.0 Å². The van der Waals surface area contributed by atoms with E-state index in [4.69, 9.17) is 10.00 Å². The molecule has 158 valence electrons. The number of benzene rings is 2. The van der Waals surface area contributed by atoms with E-state index in [1.54, 1.807) is 12.1 Å². The van der Waals surface area contributed by atoms with Crippen LogP contribution in [0.4, 0.5) is 13.2 Å². The molecule has 5 heteroatoms. The van der Waals surface area contributed by atoms with Crippen molar-refractivity contribution < 1.29 is 17.9 Å². The van der Waals surface area contributed by atoms with E-state index in [0.29, 0.717) is 5.56 Å². The molecule has 1 atom stereocenters. The predicted molar refractivity (Wildman–Crippen MR) is 111 cm³/mol. The third kappa shape index (κ3) is 4.87. The minimum Gasteiger partial charge on any atom is -0.429 e. The highest BCUT2D eigenvalue weighted by Crippen LogP contribution is 2.42. The Bertz CT molecular complexity index is 942. The maximum absolute atomic E-state index is 15.2. The van der Waals surface area contributed by atoms with E-state index < -0.39 is 11.9 Å². The van der Waals surface area contributed by atoms with Crippen LogP contribution in [0.5, 0.6) is 5.75 Å². The maximum Gasteiger partial charge on any atom is 0.426 e. The zero-order chi connectivity index (χ0) is 21.7. The summed E-state index contributed by atoms with van der Waals surface area (Å²) in [5.74, 6) is -0.958. The van der Waals surface area contributed by atoms with Crippen molar-refractivity contribution in [3.8, 4) is 11.8 Å². The molecular weight excluding hydrogens is 387 g/mol. The van der Waals surface area contributed by atoms with E-state index in [-0.39, 0.29) is 28.7 Å². The molecule has 0 N–H and O–H groups in total. The van der Waals surface area contributed by atoms with Crippen molar-refractivity contribution in [3.63, 3.8) is 0 Å². The van der Waals surface area contributed by atoms with Crippen LogP contribution in [0.1, 0.15) is 79.5 Å². The Kier molecular flexibility index (Phi) is 6.87. The fraction of sp³-hybridized carbons (Fsp3) is 0.400. The molecule has 2 nitrogen and oxygen atoms in total. The summed E-state index contributed by atoms with van der Waals surface area (Å²) in [5, 5.41) is 8.82. The molecule has 0 radical (unpaired) electrons. The first-order chi connectivity index (χ1) is 14.4. The number of hydrogen-bond donors (Lipinski definition) is 0. The van der Waals surface area contributed by atoms with E-state index in [1.165, 1.54) is 12.1 Å². The molecule has 1 aliphatic carbocycles. The zero-order valence-corrected chi connectivity index (χ0v) is 17.1. The Morgan fingerprint density at radius 3 is 2.57 bits per heavy atom. The smallest absolute Gasteiger partial charge is 0.426 e. The second-order valence-corrected chi connectivity index (χ2v) is 7.98. The highest BCUT2D eigenvalue weighted by molar-refractivity contribution is 5.40. The first-order valence-corrected chi connectivity index (χ1v) is 10.4. The highest BCUT2D eigenvalue weighted by atomic mass is 19.3. The third-order valence-electron chi connectivity index (χ3n) is 5.83. The summed E-state index contributed by atoms with van der Waals surface area (Å²) < 4.78 is 49.3. The third-order valence-corrected chi connectivity index (χ3v) is 5.83. The summed E-state index contributed by atoms with van der Waals surface area (Å²) in [6, 6.07) is 9.87. The van der Waals surface area contributed by atoms with E-state index >= 15 is 8.78 Å². The summed E-state index contributed by atoms with van der Waals surface area (Å²) in [7, 11) is 0. The first kappa shape index (κ1) is 22.0.